The van der Waals surface area contributed by atoms with E-state index in [1.54, 1.807) is 24.3 Å². The second-order valence-corrected chi connectivity index (χ2v) is 10.4. The summed E-state index contributed by atoms with van der Waals surface area (Å²) in [7, 11) is 1.59. The van der Waals surface area contributed by atoms with Gasteiger partial charge >= 0.3 is 0 Å². The number of nitrogens with one attached hydrogen (secondary N) is 1. The van der Waals surface area contributed by atoms with E-state index >= 15 is 0 Å². The molecule has 1 unspecified atom stereocenters. The van der Waals surface area contributed by atoms with Crippen LogP contribution in [0.5, 0.6) is 5.75 Å². The first-order valence-electron chi connectivity index (χ1n) is 12.4. The monoisotopic (exact) mass is 466 g/mol. The van der Waals surface area contributed by atoms with Crippen LogP contribution in [0.3, 0.4) is 0 Å². The van der Waals surface area contributed by atoms with Crippen molar-refractivity contribution in [2.75, 3.05) is 7.11 Å². The Balaban J connectivity index is 2.48. The van der Waals surface area contributed by atoms with Gasteiger partial charge in [-0.3, -0.25) is 15.0 Å². The van der Waals surface area contributed by atoms with Crippen molar-refractivity contribution in [3.05, 3.63) is 64.2 Å². The van der Waals surface area contributed by atoms with E-state index in [1.165, 1.54) is 0 Å². The number of amides is 2. The van der Waals surface area contributed by atoms with Gasteiger partial charge in [0.25, 0.3) is 11.8 Å². The first-order chi connectivity index (χ1) is 16.0. The fourth-order valence-electron chi connectivity index (χ4n) is 4.47. The van der Waals surface area contributed by atoms with Gasteiger partial charge in [-0.25, -0.2) is 5.01 Å². The number of ether oxygens (including phenoxy) is 1. The van der Waals surface area contributed by atoms with E-state index in [-0.39, 0.29) is 23.3 Å². The highest BCUT2D eigenvalue weighted by Gasteiger charge is 2.35. The number of hydrogen-bond acceptors (Lipinski definition) is 3. The van der Waals surface area contributed by atoms with Crippen LogP contribution in [0.15, 0.2) is 36.4 Å². The van der Waals surface area contributed by atoms with Crippen molar-refractivity contribution in [2.45, 2.75) is 86.6 Å². The number of carbonyl (C=O) groups excluding carboxylic acids is 2. The van der Waals surface area contributed by atoms with Crippen molar-refractivity contribution < 1.29 is 14.3 Å². The Hall–Kier alpha value is -2.82. The summed E-state index contributed by atoms with van der Waals surface area (Å²) in [5.74, 6) is 0.153. The molecular weight excluding hydrogens is 424 g/mol. The number of methoxy groups -OCH3 is 1. The number of aryl methyl sites for hydroxylation is 2. The standard InChI is InChI=1S/C29H42N2O3/c1-9-10-11-12-16-26(29(5,6)7)31(28(33)23-18-20(2)17-21(3)19-23)30-27(32)24-14-13-15-25(34-8)22(24)4/h13-15,17-19,26H,9-12,16H2,1-8H3,(H,30,32). The first kappa shape index (κ1) is 27.4. The Labute approximate surface area is 205 Å². The molecule has 0 saturated heterocycles. The molecule has 186 valence electrons. The topological polar surface area (TPSA) is 58.6 Å². The van der Waals surface area contributed by atoms with Crippen LogP contribution in [-0.2, 0) is 0 Å². The van der Waals surface area contributed by atoms with Gasteiger partial charge in [0.15, 0.2) is 0 Å². The average Bonchev–Trinajstić information content (AvgIpc) is 2.76. The molecule has 0 aliphatic heterocycles. The summed E-state index contributed by atoms with van der Waals surface area (Å²) in [6.07, 6.45) is 5.24. The van der Waals surface area contributed by atoms with Crippen molar-refractivity contribution in [1.82, 2.24) is 10.4 Å². The van der Waals surface area contributed by atoms with Gasteiger partial charge in [0, 0.05) is 16.7 Å². The van der Waals surface area contributed by atoms with E-state index < -0.39 is 0 Å². The molecule has 1 N–H and O–H groups in total. The second kappa shape index (κ2) is 12.0. The van der Waals surface area contributed by atoms with Gasteiger partial charge in [0.2, 0.25) is 0 Å². The second-order valence-electron chi connectivity index (χ2n) is 10.4. The van der Waals surface area contributed by atoms with Crippen LogP contribution in [-0.4, -0.2) is 30.0 Å². The van der Waals surface area contributed by atoms with Crippen LogP contribution >= 0.6 is 0 Å². The molecule has 0 radical (unpaired) electrons. The lowest BCUT2D eigenvalue weighted by Crippen LogP contribution is -2.56. The fraction of sp³-hybridized carbons (Fsp3) is 0.517. The molecule has 0 bridgehead atoms. The maximum Gasteiger partial charge on any atom is 0.272 e. The summed E-state index contributed by atoms with van der Waals surface area (Å²) in [4.78, 5) is 27.3. The summed E-state index contributed by atoms with van der Waals surface area (Å²) >= 11 is 0. The molecular formula is C29H42N2O3. The Kier molecular flexibility index (Phi) is 9.72. The summed E-state index contributed by atoms with van der Waals surface area (Å²) in [6.45, 7) is 14.4. The normalized spacial score (nSPS) is 12.2. The van der Waals surface area contributed by atoms with Crippen molar-refractivity contribution in [1.29, 1.82) is 0 Å². The van der Waals surface area contributed by atoms with E-state index in [4.69, 9.17) is 4.74 Å². The van der Waals surface area contributed by atoms with Crippen molar-refractivity contribution in [2.24, 2.45) is 5.41 Å². The maximum atomic E-state index is 13.9. The SMILES string of the molecule is CCCCCCC(N(NC(=O)c1cccc(OC)c1C)C(=O)c1cc(C)cc(C)c1)C(C)(C)C. The number of hydrogen-bond donors (Lipinski definition) is 1. The number of carbonyl (C=O) groups is 2. The van der Waals surface area contributed by atoms with E-state index in [1.807, 2.05) is 45.0 Å². The van der Waals surface area contributed by atoms with Crippen LogP contribution in [0.4, 0.5) is 0 Å². The summed E-state index contributed by atoms with van der Waals surface area (Å²) < 4.78 is 5.40. The molecule has 0 heterocycles. The van der Waals surface area contributed by atoms with Gasteiger partial charge in [-0.2, -0.15) is 0 Å². The Bertz CT molecular complexity index is 971. The molecule has 2 rings (SSSR count). The third-order valence-electron chi connectivity index (χ3n) is 6.30. The predicted octanol–water partition coefficient (Wildman–Crippen LogP) is 6.79. The highest BCUT2D eigenvalue weighted by molar-refractivity contribution is 6.00. The molecule has 2 amide bonds. The molecule has 0 aromatic heterocycles. The van der Waals surface area contributed by atoms with Gasteiger partial charge in [-0.15, -0.1) is 0 Å². The molecule has 0 spiro atoms. The van der Waals surface area contributed by atoms with E-state index in [9.17, 15) is 9.59 Å². The Morgan fingerprint density at radius 3 is 2.21 bits per heavy atom. The molecule has 34 heavy (non-hydrogen) atoms. The van der Waals surface area contributed by atoms with E-state index in [0.29, 0.717) is 16.9 Å². The van der Waals surface area contributed by atoms with E-state index in [0.717, 1.165) is 48.8 Å². The first-order valence-corrected chi connectivity index (χ1v) is 12.4. The van der Waals surface area contributed by atoms with Crippen molar-refractivity contribution >= 4 is 11.8 Å². The molecule has 0 aliphatic carbocycles. The Morgan fingerprint density at radius 2 is 1.65 bits per heavy atom. The molecule has 0 saturated carbocycles. The minimum atomic E-state index is -0.308. The number of hydrazine groups is 1. The molecule has 0 fully saturated rings. The van der Waals surface area contributed by atoms with Crippen LogP contribution in [0.1, 0.15) is 97.2 Å². The zero-order valence-corrected chi connectivity index (χ0v) is 22.2. The third kappa shape index (κ3) is 7.09. The fourth-order valence-corrected chi connectivity index (χ4v) is 4.47. The zero-order chi connectivity index (χ0) is 25.5. The van der Waals surface area contributed by atoms with Crippen LogP contribution in [0.25, 0.3) is 0 Å². The number of rotatable bonds is 9. The van der Waals surface area contributed by atoms with Crippen LogP contribution < -0.4 is 10.2 Å². The summed E-state index contributed by atoms with van der Waals surface area (Å²) in [5.41, 5.74) is 6.65. The minimum Gasteiger partial charge on any atom is -0.496 e. The largest absolute Gasteiger partial charge is 0.496 e. The third-order valence-corrected chi connectivity index (χ3v) is 6.30. The number of nitrogens with zero attached hydrogens (tertiary/aromatic N) is 1. The summed E-state index contributed by atoms with van der Waals surface area (Å²) in [6, 6.07) is 11.1. The van der Waals surface area contributed by atoms with Gasteiger partial charge in [-0.1, -0.05) is 76.6 Å². The number of unbranched alkanes of at least 4 members (excludes halogenated alkanes) is 3. The van der Waals surface area contributed by atoms with Crippen LogP contribution in [0, 0.1) is 26.2 Å². The average molecular weight is 467 g/mol. The molecule has 1 atom stereocenters. The van der Waals surface area contributed by atoms with E-state index in [2.05, 4.69) is 33.1 Å². The molecule has 5 nitrogen and oxygen atoms in total. The highest BCUT2D eigenvalue weighted by atomic mass is 16.5. The maximum absolute atomic E-state index is 13.9. The lowest BCUT2D eigenvalue weighted by Gasteiger charge is -2.40. The molecule has 0 aliphatic rings. The van der Waals surface area contributed by atoms with Crippen LogP contribution in [0.2, 0.25) is 0 Å². The molecule has 2 aromatic rings. The zero-order valence-electron chi connectivity index (χ0n) is 22.2. The smallest absolute Gasteiger partial charge is 0.272 e. The summed E-state index contributed by atoms with van der Waals surface area (Å²) in [5, 5.41) is 1.58. The van der Waals surface area contributed by atoms with Crippen molar-refractivity contribution in [3.63, 3.8) is 0 Å². The molecule has 2 aromatic carbocycles. The van der Waals surface area contributed by atoms with Gasteiger partial charge in [-0.05, 0) is 56.9 Å². The molecule has 5 heteroatoms. The lowest BCUT2D eigenvalue weighted by atomic mass is 9.82. The van der Waals surface area contributed by atoms with Crippen molar-refractivity contribution in [3.8, 4) is 5.75 Å². The highest BCUT2D eigenvalue weighted by Crippen LogP contribution is 2.30. The van der Waals surface area contributed by atoms with Gasteiger partial charge < -0.3 is 4.74 Å². The number of benzene rings is 2. The quantitative estimate of drug-likeness (QED) is 0.327. The predicted molar refractivity (Wildman–Crippen MR) is 139 cm³/mol. The minimum absolute atomic E-state index is 0.160. The van der Waals surface area contributed by atoms with Gasteiger partial charge in [0.1, 0.15) is 5.75 Å². The lowest BCUT2D eigenvalue weighted by molar-refractivity contribution is 0.0266. The van der Waals surface area contributed by atoms with Gasteiger partial charge in [0.05, 0.1) is 13.2 Å². The Morgan fingerprint density at radius 1 is 1.00 bits per heavy atom.